The maximum Gasteiger partial charge on any atom is 0.261 e. The average Bonchev–Trinajstić information content (AvgIpc) is 3.41. The molecule has 4 rings (SSSR count). The fourth-order valence-corrected chi connectivity index (χ4v) is 4.70. The number of nitrogens with one attached hydrogen (secondary N) is 1. The van der Waals surface area contributed by atoms with Crippen molar-refractivity contribution in [2.24, 2.45) is 0 Å². The summed E-state index contributed by atoms with van der Waals surface area (Å²) >= 11 is 13.9. The van der Waals surface area contributed by atoms with Crippen molar-refractivity contribution < 1.29 is 4.79 Å². The minimum absolute atomic E-state index is 0.0108. The molecule has 1 amide bonds. The Labute approximate surface area is 195 Å². The second kappa shape index (κ2) is 10.3. The summed E-state index contributed by atoms with van der Waals surface area (Å²) in [6, 6.07) is 17.5. The number of imidazole rings is 1. The van der Waals surface area contributed by atoms with Crippen LogP contribution in [0.1, 0.15) is 40.3 Å². The minimum Gasteiger partial charge on any atom is -0.351 e. The monoisotopic (exact) mass is 471 g/mol. The Hall–Kier alpha value is -2.34. The predicted octanol–water partition coefficient (Wildman–Crippen LogP) is 6.60. The highest BCUT2D eigenvalue weighted by Crippen LogP contribution is 2.25. The molecule has 0 fully saturated rings. The van der Waals surface area contributed by atoms with Crippen molar-refractivity contribution in [1.29, 1.82) is 0 Å². The third-order valence-corrected chi connectivity index (χ3v) is 6.64. The first-order chi connectivity index (χ1) is 15.1. The molecule has 4 aromatic rings. The molecule has 2 heterocycles. The summed E-state index contributed by atoms with van der Waals surface area (Å²) in [5, 5.41) is 6.20. The van der Waals surface area contributed by atoms with Gasteiger partial charge in [0, 0.05) is 23.0 Å². The van der Waals surface area contributed by atoms with Gasteiger partial charge in [-0.1, -0.05) is 53.9 Å². The molecule has 0 aliphatic rings. The molecule has 0 saturated carbocycles. The smallest absolute Gasteiger partial charge is 0.261 e. The number of nitrogens with zero attached hydrogens (tertiary/aromatic N) is 2. The number of carbonyl (C=O) groups is 1. The molecule has 31 heavy (non-hydrogen) atoms. The maximum atomic E-state index is 12.0. The van der Waals surface area contributed by atoms with Gasteiger partial charge in [-0.2, -0.15) is 0 Å². The fraction of sp³-hybridized carbons (Fsp3) is 0.250. The van der Waals surface area contributed by atoms with Crippen LogP contribution in [0.2, 0.25) is 10.0 Å². The van der Waals surface area contributed by atoms with Crippen molar-refractivity contribution in [2.45, 2.75) is 32.2 Å². The van der Waals surface area contributed by atoms with Crippen molar-refractivity contribution in [1.82, 2.24) is 14.9 Å². The zero-order chi connectivity index (χ0) is 21.6. The van der Waals surface area contributed by atoms with Gasteiger partial charge in [0.25, 0.3) is 5.91 Å². The van der Waals surface area contributed by atoms with Gasteiger partial charge in [-0.15, -0.1) is 11.3 Å². The molecule has 1 N–H and O–H groups in total. The number of unbranched alkanes of at least 4 members (excludes halogenated alkanes) is 2. The van der Waals surface area contributed by atoms with E-state index in [9.17, 15) is 4.79 Å². The van der Waals surface area contributed by atoms with Crippen molar-refractivity contribution in [3.8, 4) is 0 Å². The predicted molar refractivity (Wildman–Crippen MR) is 130 cm³/mol. The van der Waals surface area contributed by atoms with Gasteiger partial charge in [-0.3, -0.25) is 4.79 Å². The third-order valence-electron chi connectivity index (χ3n) is 5.18. The summed E-state index contributed by atoms with van der Waals surface area (Å²) in [6.07, 6.45) is 3.85. The van der Waals surface area contributed by atoms with Crippen LogP contribution in [-0.4, -0.2) is 22.0 Å². The first-order valence-electron chi connectivity index (χ1n) is 10.3. The molecule has 4 nitrogen and oxygen atoms in total. The number of aryl methyl sites for hydroxylation is 1. The number of amides is 1. The molecule has 0 aliphatic carbocycles. The van der Waals surface area contributed by atoms with E-state index in [1.54, 1.807) is 6.07 Å². The number of benzene rings is 2. The molecule has 2 aromatic carbocycles. The van der Waals surface area contributed by atoms with Crippen molar-refractivity contribution in [3.63, 3.8) is 0 Å². The Morgan fingerprint density at radius 1 is 1.03 bits per heavy atom. The van der Waals surface area contributed by atoms with Gasteiger partial charge in [-0.25, -0.2) is 4.98 Å². The van der Waals surface area contributed by atoms with Crippen LogP contribution in [0.15, 0.2) is 60.0 Å². The van der Waals surface area contributed by atoms with Crippen LogP contribution in [0.5, 0.6) is 0 Å². The average molecular weight is 472 g/mol. The summed E-state index contributed by atoms with van der Waals surface area (Å²) in [5.41, 5.74) is 3.12. The summed E-state index contributed by atoms with van der Waals surface area (Å²) in [7, 11) is 0. The molecule has 160 valence electrons. The van der Waals surface area contributed by atoms with E-state index in [1.807, 2.05) is 47.8 Å². The second-order valence-corrected chi connectivity index (χ2v) is 9.17. The van der Waals surface area contributed by atoms with Crippen molar-refractivity contribution in [2.75, 3.05) is 6.54 Å². The van der Waals surface area contributed by atoms with E-state index in [4.69, 9.17) is 28.2 Å². The highest BCUT2D eigenvalue weighted by molar-refractivity contribution is 7.12. The molecule has 0 bridgehead atoms. The lowest BCUT2D eigenvalue weighted by molar-refractivity contribution is 0.0957. The number of carbonyl (C=O) groups excluding carboxylic acids is 1. The van der Waals surface area contributed by atoms with Crippen LogP contribution in [-0.2, 0) is 13.0 Å². The number of rotatable bonds is 9. The quantitative estimate of drug-likeness (QED) is 0.279. The highest BCUT2D eigenvalue weighted by Gasteiger charge is 2.12. The lowest BCUT2D eigenvalue weighted by Crippen LogP contribution is -2.23. The third kappa shape index (κ3) is 5.48. The van der Waals surface area contributed by atoms with Gasteiger partial charge in [-0.05, 0) is 54.1 Å². The van der Waals surface area contributed by atoms with Crippen LogP contribution < -0.4 is 5.32 Å². The largest absolute Gasteiger partial charge is 0.351 e. The fourth-order valence-electron chi connectivity index (χ4n) is 3.59. The van der Waals surface area contributed by atoms with Crippen LogP contribution in [0.4, 0.5) is 0 Å². The molecule has 0 saturated heterocycles. The number of para-hydroxylation sites is 2. The molecule has 2 aromatic heterocycles. The summed E-state index contributed by atoms with van der Waals surface area (Å²) < 4.78 is 2.24. The van der Waals surface area contributed by atoms with E-state index in [0.29, 0.717) is 23.1 Å². The Morgan fingerprint density at radius 2 is 1.90 bits per heavy atom. The van der Waals surface area contributed by atoms with Crippen LogP contribution in [0.3, 0.4) is 0 Å². The van der Waals surface area contributed by atoms with E-state index in [-0.39, 0.29) is 5.91 Å². The number of hydrogen-bond donors (Lipinski definition) is 1. The van der Waals surface area contributed by atoms with E-state index in [2.05, 4.69) is 16.0 Å². The van der Waals surface area contributed by atoms with Crippen molar-refractivity contribution >= 4 is 51.5 Å². The number of hydrogen-bond acceptors (Lipinski definition) is 3. The standard InChI is InChI=1S/C24H23Cl2N3OS/c25-18-12-11-17(19(26)15-18)16-29-21-8-4-3-7-20(21)28-23(29)10-2-1-5-13-27-24(30)22-9-6-14-31-22/h3-4,6-9,11-12,14-15H,1-2,5,10,13,16H2,(H,27,30). The van der Waals surface area contributed by atoms with E-state index < -0.39 is 0 Å². The summed E-state index contributed by atoms with van der Waals surface area (Å²) in [5.74, 6) is 1.06. The second-order valence-electron chi connectivity index (χ2n) is 7.38. The summed E-state index contributed by atoms with van der Waals surface area (Å²) in [6.45, 7) is 1.34. The van der Waals surface area contributed by atoms with Gasteiger partial charge in [0.2, 0.25) is 0 Å². The Kier molecular flexibility index (Phi) is 7.28. The maximum absolute atomic E-state index is 12.0. The van der Waals surface area contributed by atoms with Crippen molar-refractivity contribution in [3.05, 3.63) is 86.3 Å². The van der Waals surface area contributed by atoms with Crippen LogP contribution >= 0.6 is 34.5 Å². The molecule has 0 atom stereocenters. The van der Waals surface area contributed by atoms with Gasteiger partial charge >= 0.3 is 0 Å². The first kappa shape index (κ1) is 21.9. The Bertz CT molecular complexity index is 1170. The van der Waals surface area contributed by atoms with Gasteiger partial charge in [0.1, 0.15) is 5.82 Å². The molecule has 0 spiro atoms. The molecular weight excluding hydrogens is 449 g/mol. The topological polar surface area (TPSA) is 46.9 Å². The van der Waals surface area contributed by atoms with Crippen LogP contribution in [0, 0.1) is 0 Å². The highest BCUT2D eigenvalue weighted by atomic mass is 35.5. The molecule has 0 radical (unpaired) electrons. The van der Waals surface area contributed by atoms with Crippen LogP contribution in [0.25, 0.3) is 11.0 Å². The van der Waals surface area contributed by atoms with Gasteiger partial charge < -0.3 is 9.88 Å². The number of thiophene rings is 1. The summed E-state index contributed by atoms with van der Waals surface area (Å²) in [4.78, 5) is 17.6. The lowest BCUT2D eigenvalue weighted by Gasteiger charge is -2.11. The van der Waals surface area contributed by atoms with E-state index in [0.717, 1.165) is 53.0 Å². The molecule has 0 aliphatic heterocycles. The Morgan fingerprint density at radius 3 is 2.71 bits per heavy atom. The normalized spacial score (nSPS) is 11.2. The number of fused-ring (bicyclic) bond motifs is 1. The SMILES string of the molecule is O=C(NCCCCCc1nc2ccccc2n1Cc1ccc(Cl)cc1Cl)c1cccs1. The molecule has 7 heteroatoms. The number of halogens is 2. The van der Waals surface area contributed by atoms with Gasteiger partial charge in [0.05, 0.1) is 22.5 Å². The van der Waals surface area contributed by atoms with E-state index in [1.165, 1.54) is 11.3 Å². The lowest BCUT2D eigenvalue weighted by atomic mass is 10.1. The molecule has 0 unspecified atom stereocenters. The minimum atomic E-state index is 0.0108. The Balaban J connectivity index is 1.37. The first-order valence-corrected chi connectivity index (χ1v) is 11.9. The zero-order valence-corrected chi connectivity index (χ0v) is 19.3. The van der Waals surface area contributed by atoms with E-state index >= 15 is 0 Å². The zero-order valence-electron chi connectivity index (χ0n) is 17.0. The molecular formula is C24H23Cl2N3OS. The van der Waals surface area contributed by atoms with Gasteiger partial charge in [0.15, 0.2) is 0 Å². The number of aromatic nitrogens is 2.